The molecule has 3 N–H and O–H groups in total. The smallest absolute Gasteiger partial charge is 0.414 e. The maximum Gasteiger partial charge on any atom is 0.414 e. The Bertz CT molecular complexity index is 1040. The van der Waals surface area contributed by atoms with Gasteiger partial charge in [-0.15, -0.1) is 0 Å². The van der Waals surface area contributed by atoms with Crippen LogP contribution in [0, 0.1) is 0 Å². The van der Waals surface area contributed by atoms with Crippen molar-refractivity contribution in [1.29, 1.82) is 0 Å². The number of nitrogens with one attached hydrogen (secondary N) is 1. The van der Waals surface area contributed by atoms with Crippen molar-refractivity contribution in [3.63, 3.8) is 0 Å². The van der Waals surface area contributed by atoms with E-state index in [9.17, 15) is 0 Å². The molecule has 0 radical (unpaired) electrons. The van der Waals surface area contributed by atoms with Gasteiger partial charge < -0.3 is 24.8 Å². The topological polar surface area (TPSA) is 114 Å². The third kappa shape index (κ3) is 8.16. The molecule has 0 aliphatic rings. The van der Waals surface area contributed by atoms with Crippen molar-refractivity contribution in [3.05, 3.63) is 65.3 Å². The van der Waals surface area contributed by atoms with Gasteiger partial charge in [0, 0.05) is 23.7 Å². The van der Waals surface area contributed by atoms with Crippen LogP contribution in [0.4, 0.5) is 5.95 Å². The summed E-state index contributed by atoms with van der Waals surface area (Å²) < 4.78 is 7.80. The number of nitrogens with zero attached hydrogens (tertiary/aromatic N) is 2. The molecule has 33 heavy (non-hydrogen) atoms. The molecule has 0 spiro atoms. The van der Waals surface area contributed by atoms with Gasteiger partial charge in [0.2, 0.25) is 5.95 Å². The number of carbonyl (C=O) groups is 2. The molecule has 2 aromatic carbocycles. The van der Waals surface area contributed by atoms with E-state index in [-0.39, 0.29) is 0 Å². The van der Waals surface area contributed by atoms with Crippen molar-refractivity contribution in [2.75, 3.05) is 11.9 Å². The van der Waals surface area contributed by atoms with Crippen molar-refractivity contribution in [2.24, 2.45) is 0 Å². The molecular weight excluding hydrogens is 446 g/mol. The van der Waals surface area contributed by atoms with Crippen LogP contribution in [-0.4, -0.2) is 38.3 Å². The molecule has 0 fully saturated rings. The minimum Gasteiger partial charge on any atom is -0.494 e. The Morgan fingerprint density at radius 2 is 1.79 bits per heavy atom. The van der Waals surface area contributed by atoms with Gasteiger partial charge in [0.05, 0.1) is 18.5 Å². The highest BCUT2D eigenvalue weighted by atomic mass is 35.5. The van der Waals surface area contributed by atoms with E-state index in [4.69, 9.17) is 36.1 Å². The zero-order chi connectivity index (χ0) is 24.2. The quantitative estimate of drug-likeness (QED) is 0.367. The number of ether oxygens (including phenoxy) is 1. The second-order valence-corrected chi connectivity index (χ2v) is 7.46. The fourth-order valence-corrected chi connectivity index (χ4v) is 3.22. The van der Waals surface area contributed by atoms with Crippen LogP contribution >= 0.6 is 11.6 Å². The Hall–Kier alpha value is -3.52. The molecule has 1 aromatic heterocycles. The molecule has 0 unspecified atom stereocenters. The van der Waals surface area contributed by atoms with Crippen LogP contribution in [0.3, 0.4) is 0 Å². The van der Waals surface area contributed by atoms with Gasteiger partial charge in [0.1, 0.15) is 5.75 Å². The van der Waals surface area contributed by atoms with Gasteiger partial charge in [0.25, 0.3) is 0 Å². The number of benzene rings is 2. The third-order valence-electron chi connectivity index (χ3n) is 4.57. The molecule has 176 valence electrons. The predicted octanol–water partition coefficient (Wildman–Crippen LogP) is 5.17. The van der Waals surface area contributed by atoms with E-state index in [2.05, 4.69) is 40.0 Å². The van der Waals surface area contributed by atoms with Crippen molar-refractivity contribution in [1.82, 2.24) is 9.55 Å². The van der Waals surface area contributed by atoms with E-state index < -0.39 is 11.9 Å². The van der Waals surface area contributed by atoms with E-state index in [0.29, 0.717) is 13.2 Å². The lowest BCUT2D eigenvalue weighted by Gasteiger charge is -2.13. The lowest BCUT2D eigenvalue weighted by Crippen LogP contribution is -2.09. The van der Waals surface area contributed by atoms with E-state index >= 15 is 0 Å². The maximum atomic E-state index is 9.10. The minimum atomic E-state index is -1.82. The normalized spacial score (nSPS) is 10.2. The molecule has 1 heterocycles. The second-order valence-electron chi connectivity index (χ2n) is 7.02. The summed E-state index contributed by atoms with van der Waals surface area (Å²) in [5, 5.41) is 19.0. The average molecular weight is 474 g/mol. The number of unbranched alkanes of at least 4 members (excludes halogenated alkanes) is 1. The highest BCUT2D eigenvalue weighted by Gasteiger charge is 2.12. The molecule has 0 aliphatic heterocycles. The van der Waals surface area contributed by atoms with Crippen molar-refractivity contribution >= 4 is 29.5 Å². The summed E-state index contributed by atoms with van der Waals surface area (Å²) in [4.78, 5) is 22.8. The summed E-state index contributed by atoms with van der Waals surface area (Å²) in [6, 6.07) is 16.1. The van der Waals surface area contributed by atoms with Gasteiger partial charge >= 0.3 is 11.9 Å². The summed E-state index contributed by atoms with van der Waals surface area (Å²) in [7, 11) is 0. The molecule has 0 atom stereocenters. The van der Waals surface area contributed by atoms with Crippen LogP contribution in [0.15, 0.2) is 54.7 Å². The molecule has 3 rings (SSSR count). The standard InChI is InChI=1S/C22H26ClN3O.C2H2O4/c1-3-5-13-26-21(18-9-11-20(12-10-18)27-4-2)16-25-22(26)24-15-17-7-6-8-19(23)14-17;3-1(4)2(5)6/h6-12,14,16H,3-5,13,15H2,1-2H3,(H,24,25);(H,3,4)(H,5,6). The highest BCUT2D eigenvalue weighted by Crippen LogP contribution is 2.26. The van der Waals surface area contributed by atoms with Gasteiger partial charge in [-0.2, -0.15) is 0 Å². The number of hydrogen-bond donors (Lipinski definition) is 3. The first-order chi connectivity index (χ1) is 15.8. The molecule has 3 aromatic rings. The predicted molar refractivity (Wildman–Crippen MR) is 128 cm³/mol. The number of aliphatic carboxylic acids is 2. The Balaban J connectivity index is 0.000000569. The molecule has 0 amide bonds. The van der Waals surface area contributed by atoms with Crippen molar-refractivity contribution in [2.45, 2.75) is 39.8 Å². The van der Waals surface area contributed by atoms with Crippen LogP contribution in [0.25, 0.3) is 11.3 Å². The van der Waals surface area contributed by atoms with Gasteiger partial charge in [-0.1, -0.05) is 37.1 Å². The summed E-state index contributed by atoms with van der Waals surface area (Å²) >= 11 is 6.09. The van der Waals surface area contributed by atoms with Gasteiger partial charge in [-0.3, -0.25) is 0 Å². The zero-order valence-corrected chi connectivity index (χ0v) is 19.4. The van der Waals surface area contributed by atoms with Crippen molar-refractivity contribution in [3.8, 4) is 17.0 Å². The van der Waals surface area contributed by atoms with Crippen LogP contribution in [0.1, 0.15) is 32.3 Å². The first-order valence-corrected chi connectivity index (χ1v) is 11.0. The lowest BCUT2D eigenvalue weighted by molar-refractivity contribution is -0.159. The highest BCUT2D eigenvalue weighted by molar-refractivity contribution is 6.30. The SMILES string of the molecule is CCCCn1c(-c2ccc(OCC)cc2)cnc1NCc1cccc(Cl)c1.O=C(O)C(=O)O. The molecule has 8 nitrogen and oxygen atoms in total. The van der Waals surface area contributed by atoms with Gasteiger partial charge in [-0.25, -0.2) is 14.6 Å². The number of aromatic nitrogens is 2. The van der Waals surface area contributed by atoms with Gasteiger partial charge in [-0.05, 0) is 55.3 Å². The zero-order valence-electron chi connectivity index (χ0n) is 18.6. The van der Waals surface area contributed by atoms with E-state index in [1.54, 1.807) is 0 Å². The third-order valence-corrected chi connectivity index (χ3v) is 4.81. The largest absolute Gasteiger partial charge is 0.494 e. The fourth-order valence-electron chi connectivity index (χ4n) is 3.01. The lowest BCUT2D eigenvalue weighted by atomic mass is 10.1. The molecule has 0 bridgehead atoms. The number of rotatable bonds is 9. The number of imidazole rings is 1. The van der Waals surface area contributed by atoms with Crippen LogP contribution in [-0.2, 0) is 22.7 Å². The number of halogens is 1. The summed E-state index contributed by atoms with van der Waals surface area (Å²) in [6.07, 6.45) is 4.17. The molecular formula is C24H28ClN3O5. The molecule has 0 aliphatic carbocycles. The summed E-state index contributed by atoms with van der Waals surface area (Å²) in [6.45, 7) is 6.48. The van der Waals surface area contributed by atoms with E-state index in [0.717, 1.165) is 52.9 Å². The van der Waals surface area contributed by atoms with Crippen molar-refractivity contribution < 1.29 is 24.5 Å². The maximum absolute atomic E-state index is 9.10. The number of carboxylic acids is 2. The number of anilines is 1. The Morgan fingerprint density at radius 1 is 1.09 bits per heavy atom. The summed E-state index contributed by atoms with van der Waals surface area (Å²) in [5.41, 5.74) is 3.38. The van der Waals surface area contributed by atoms with E-state index in [1.165, 1.54) is 0 Å². The fraction of sp³-hybridized carbons (Fsp3) is 0.292. The first kappa shape index (κ1) is 25.7. The molecule has 9 heteroatoms. The van der Waals surface area contributed by atoms with Crippen LogP contribution in [0.5, 0.6) is 5.75 Å². The number of hydrogen-bond acceptors (Lipinski definition) is 5. The minimum absolute atomic E-state index is 0.672. The summed E-state index contributed by atoms with van der Waals surface area (Å²) in [5.74, 6) is -1.88. The monoisotopic (exact) mass is 473 g/mol. The van der Waals surface area contributed by atoms with Crippen LogP contribution < -0.4 is 10.1 Å². The van der Waals surface area contributed by atoms with Crippen LogP contribution in [0.2, 0.25) is 5.02 Å². The Labute approximate surface area is 197 Å². The number of carboxylic acid groups (broad SMARTS) is 2. The Kier molecular flexibility index (Phi) is 10.2. The molecule has 0 saturated heterocycles. The second kappa shape index (κ2) is 13.1. The first-order valence-electron chi connectivity index (χ1n) is 10.6. The average Bonchev–Trinajstić information content (AvgIpc) is 3.20. The van der Waals surface area contributed by atoms with E-state index in [1.807, 2.05) is 43.5 Å². The van der Waals surface area contributed by atoms with Gasteiger partial charge in [0.15, 0.2) is 0 Å². The molecule has 0 saturated carbocycles. The Morgan fingerprint density at radius 3 is 2.36 bits per heavy atom.